The number of piperazine rings is 1. The maximum Gasteiger partial charge on any atom is 0.417 e. The van der Waals surface area contributed by atoms with E-state index in [2.05, 4.69) is 4.98 Å². The van der Waals surface area contributed by atoms with Crippen molar-refractivity contribution in [3.05, 3.63) is 23.9 Å². The Morgan fingerprint density at radius 2 is 1.77 bits per heavy atom. The monoisotopic (exact) mass is 459 g/mol. The average molecular weight is 459 g/mol. The molecule has 2 saturated carbocycles. The van der Waals surface area contributed by atoms with Crippen molar-refractivity contribution in [2.24, 2.45) is 16.7 Å². The van der Waals surface area contributed by atoms with E-state index in [1.165, 1.54) is 10.4 Å². The topological polar surface area (TPSA) is 87.7 Å². The van der Waals surface area contributed by atoms with Crippen molar-refractivity contribution in [2.45, 2.75) is 32.9 Å². The number of carbonyl (C=O) groups excluding carboxylic acids is 2. The fraction of sp³-hybridized carbons (Fsp3) is 0.650. The largest absolute Gasteiger partial charge is 0.417 e. The quantitative estimate of drug-likeness (QED) is 0.641. The van der Waals surface area contributed by atoms with Gasteiger partial charge in [-0.2, -0.15) is 17.5 Å². The van der Waals surface area contributed by atoms with Crippen molar-refractivity contribution >= 4 is 27.4 Å². The normalized spacial score (nSPS) is 29.1. The minimum atomic E-state index is -4.47. The van der Waals surface area contributed by atoms with Crippen LogP contribution in [-0.2, 0) is 25.8 Å². The predicted octanol–water partition coefficient (Wildman–Crippen LogP) is 2.13. The zero-order valence-corrected chi connectivity index (χ0v) is 18.1. The summed E-state index contributed by atoms with van der Waals surface area (Å²) in [7, 11) is -3.81. The number of sulfonamides is 1. The Kier molecular flexibility index (Phi) is 5.01. The number of ketones is 2. The van der Waals surface area contributed by atoms with E-state index in [0.29, 0.717) is 18.7 Å². The van der Waals surface area contributed by atoms with Crippen LogP contribution < -0.4 is 4.90 Å². The van der Waals surface area contributed by atoms with Crippen LogP contribution in [0.2, 0.25) is 0 Å². The molecule has 2 heterocycles. The number of rotatable bonds is 4. The van der Waals surface area contributed by atoms with Crippen LogP contribution in [0.4, 0.5) is 19.0 Å². The number of hydrogen-bond acceptors (Lipinski definition) is 6. The molecule has 0 amide bonds. The van der Waals surface area contributed by atoms with Gasteiger partial charge in [-0.25, -0.2) is 13.4 Å². The van der Waals surface area contributed by atoms with Gasteiger partial charge in [0.1, 0.15) is 5.82 Å². The minimum absolute atomic E-state index is 0.132. The van der Waals surface area contributed by atoms with Crippen molar-refractivity contribution in [1.29, 1.82) is 0 Å². The number of fused-ring (bicyclic) bond motifs is 2. The second-order valence-corrected chi connectivity index (χ2v) is 11.1. The minimum Gasteiger partial charge on any atom is -0.354 e. The van der Waals surface area contributed by atoms with Gasteiger partial charge in [0.2, 0.25) is 21.6 Å². The number of nitrogens with zero attached hydrogens (tertiary/aromatic N) is 3. The summed E-state index contributed by atoms with van der Waals surface area (Å²) in [5.74, 6) is -1.47. The first-order chi connectivity index (χ1) is 14.3. The van der Waals surface area contributed by atoms with Gasteiger partial charge in [0.25, 0.3) is 0 Å². The first-order valence-electron chi connectivity index (χ1n) is 10.1. The fourth-order valence-corrected chi connectivity index (χ4v) is 7.50. The predicted molar refractivity (Wildman–Crippen MR) is 106 cm³/mol. The summed E-state index contributed by atoms with van der Waals surface area (Å²) in [5, 5.41) is 0. The number of pyridine rings is 1. The first-order valence-corrected chi connectivity index (χ1v) is 11.8. The molecular formula is C20H24F3N3O4S. The molecule has 0 unspecified atom stereocenters. The van der Waals surface area contributed by atoms with Gasteiger partial charge in [0.15, 0.2) is 0 Å². The zero-order valence-electron chi connectivity index (χ0n) is 17.3. The summed E-state index contributed by atoms with van der Waals surface area (Å²) >= 11 is 0. The second kappa shape index (κ2) is 6.99. The number of alkyl halides is 3. The standard InChI is InChI=1S/C20H24F3N3O4S/c1-18(2)14-5-6-19(18,17(28)16(14)27)12-31(29,30)26-9-7-25(8-10-26)15-4-3-13(11-24-15)20(21,22)23/h3-4,11,14H,5-10,12H2,1-2H3/t14-,19-/m1/s1. The maximum absolute atomic E-state index is 13.2. The Morgan fingerprint density at radius 1 is 1.13 bits per heavy atom. The molecule has 0 N–H and O–H groups in total. The summed E-state index contributed by atoms with van der Waals surface area (Å²) in [6, 6.07) is 2.22. The van der Waals surface area contributed by atoms with Gasteiger partial charge in [-0.05, 0) is 30.4 Å². The maximum atomic E-state index is 13.2. The van der Waals surface area contributed by atoms with Crippen LogP contribution in [0.25, 0.3) is 0 Å². The molecule has 11 heteroatoms. The van der Waals surface area contributed by atoms with Gasteiger partial charge in [-0.1, -0.05) is 13.8 Å². The molecule has 2 bridgehead atoms. The third kappa shape index (κ3) is 3.36. The highest BCUT2D eigenvalue weighted by Crippen LogP contribution is 2.62. The molecule has 170 valence electrons. The van der Waals surface area contributed by atoms with Crippen molar-refractivity contribution in [2.75, 3.05) is 36.8 Å². The lowest BCUT2D eigenvalue weighted by atomic mass is 9.70. The summed E-state index contributed by atoms with van der Waals surface area (Å²) in [6.07, 6.45) is -2.78. The molecule has 1 aliphatic heterocycles. The molecular weight excluding hydrogens is 435 g/mol. The molecule has 1 aromatic rings. The van der Waals surface area contributed by atoms with Crippen LogP contribution in [0.3, 0.4) is 0 Å². The van der Waals surface area contributed by atoms with Gasteiger partial charge >= 0.3 is 6.18 Å². The SMILES string of the molecule is CC1(C)[C@@H]2CC[C@@]1(CS(=O)(=O)N1CCN(c3ccc(C(F)(F)F)cn3)CC1)C(=O)C2=O. The van der Waals surface area contributed by atoms with Crippen molar-refractivity contribution in [3.63, 3.8) is 0 Å². The van der Waals surface area contributed by atoms with Gasteiger partial charge in [-0.3, -0.25) is 9.59 Å². The van der Waals surface area contributed by atoms with Crippen molar-refractivity contribution in [1.82, 2.24) is 9.29 Å². The van der Waals surface area contributed by atoms with E-state index in [1.807, 2.05) is 0 Å². The number of Topliss-reactive ketones (excluding diaryl/α,β-unsaturated/α-hetero) is 2. The van der Waals surface area contributed by atoms with E-state index >= 15 is 0 Å². The van der Waals surface area contributed by atoms with E-state index in [0.717, 1.165) is 12.3 Å². The molecule has 4 rings (SSSR count). The third-order valence-corrected chi connectivity index (χ3v) is 9.41. The molecule has 3 aliphatic rings. The first kappa shape index (κ1) is 22.2. The summed E-state index contributed by atoms with van der Waals surface area (Å²) in [6.45, 7) is 4.40. The van der Waals surface area contributed by atoms with E-state index in [4.69, 9.17) is 0 Å². The average Bonchev–Trinajstić information content (AvgIpc) is 3.02. The molecule has 0 spiro atoms. The number of aromatic nitrogens is 1. The Balaban J connectivity index is 1.45. The van der Waals surface area contributed by atoms with Gasteiger partial charge < -0.3 is 4.90 Å². The summed E-state index contributed by atoms with van der Waals surface area (Å²) < 4.78 is 65.8. The van der Waals surface area contributed by atoms with Crippen LogP contribution >= 0.6 is 0 Å². The number of anilines is 1. The van der Waals surface area contributed by atoms with Crippen LogP contribution in [0.1, 0.15) is 32.3 Å². The van der Waals surface area contributed by atoms with Crippen LogP contribution in [0.5, 0.6) is 0 Å². The third-order valence-electron chi connectivity index (χ3n) is 7.40. The molecule has 1 saturated heterocycles. The Labute approximate surface area is 178 Å². The fourth-order valence-electron chi connectivity index (χ4n) is 5.33. The lowest BCUT2D eigenvalue weighted by Crippen LogP contribution is -2.53. The van der Waals surface area contributed by atoms with E-state index in [9.17, 15) is 31.2 Å². The lowest BCUT2D eigenvalue weighted by Gasteiger charge is -2.39. The van der Waals surface area contributed by atoms with E-state index in [1.54, 1.807) is 18.7 Å². The molecule has 0 radical (unpaired) electrons. The number of hydrogen-bond donors (Lipinski definition) is 0. The Bertz CT molecular complexity index is 1020. The van der Waals surface area contributed by atoms with Gasteiger partial charge in [0.05, 0.1) is 16.7 Å². The van der Waals surface area contributed by atoms with Crippen molar-refractivity contribution in [3.8, 4) is 0 Å². The second-order valence-electron chi connectivity index (χ2n) is 9.13. The summed E-state index contributed by atoms with van der Waals surface area (Å²) in [5.41, 5.74) is -2.72. The van der Waals surface area contributed by atoms with Gasteiger partial charge in [-0.15, -0.1) is 0 Å². The Morgan fingerprint density at radius 3 is 2.26 bits per heavy atom. The van der Waals surface area contributed by atoms with Crippen LogP contribution in [0, 0.1) is 16.7 Å². The van der Waals surface area contributed by atoms with E-state index < -0.39 is 50.1 Å². The van der Waals surface area contributed by atoms with E-state index in [-0.39, 0.29) is 31.9 Å². The highest BCUT2D eigenvalue weighted by molar-refractivity contribution is 7.89. The van der Waals surface area contributed by atoms with Crippen LogP contribution in [0.15, 0.2) is 18.3 Å². The lowest BCUT2D eigenvalue weighted by molar-refractivity contribution is -0.141. The molecule has 31 heavy (non-hydrogen) atoms. The molecule has 2 aliphatic carbocycles. The zero-order chi connectivity index (χ0) is 22.8. The Hall–Kier alpha value is -2.01. The molecule has 3 fully saturated rings. The highest BCUT2D eigenvalue weighted by atomic mass is 32.2. The molecule has 7 nitrogen and oxygen atoms in total. The van der Waals surface area contributed by atoms with Crippen molar-refractivity contribution < 1.29 is 31.2 Å². The summed E-state index contributed by atoms with van der Waals surface area (Å²) in [4.78, 5) is 30.6. The molecule has 2 atom stereocenters. The highest BCUT2D eigenvalue weighted by Gasteiger charge is 2.70. The molecule has 0 aromatic carbocycles. The van der Waals surface area contributed by atoms with Crippen LogP contribution in [-0.4, -0.2) is 61.2 Å². The smallest absolute Gasteiger partial charge is 0.354 e. The molecule has 1 aromatic heterocycles. The number of carbonyl (C=O) groups is 2. The number of halogens is 3. The van der Waals surface area contributed by atoms with Gasteiger partial charge in [0, 0.05) is 38.3 Å².